The van der Waals surface area contributed by atoms with Gasteiger partial charge in [-0.25, -0.2) is 0 Å². The van der Waals surface area contributed by atoms with Crippen molar-refractivity contribution in [2.45, 2.75) is 25.9 Å². The van der Waals surface area contributed by atoms with Gasteiger partial charge in [-0.15, -0.1) is 0 Å². The first kappa shape index (κ1) is 23.7. The number of carbonyl (C=O) groups is 3. The molecule has 10 heteroatoms. The quantitative estimate of drug-likeness (QED) is 0.197. The number of nitro groups is 1. The summed E-state index contributed by atoms with van der Waals surface area (Å²) in [4.78, 5) is 53.5. The van der Waals surface area contributed by atoms with Crippen molar-refractivity contribution < 1.29 is 24.0 Å². The molecule has 1 fully saturated rings. The van der Waals surface area contributed by atoms with Crippen molar-refractivity contribution in [3.05, 3.63) is 97.0 Å². The number of amides is 3. The fourth-order valence-electron chi connectivity index (χ4n) is 4.93. The van der Waals surface area contributed by atoms with Crippen molar-refractivity contribution in [2.75, 3.05) is 12.0 Å². The first-order chi connectivity index (χ1) is 17.1. The van der Waals surface area contributed by atoms with Crippen LogP contribution < -0.4 is 9.64 Å². The maximum absolute atomic E-state index is 13.7. The highest BCUT2D eigenvalue weighted by Crippen LogP contribution is 2.48. The van der Waals surface area contributed by atoms with Gasteiger partial charge in [0.15, 0.2) is 0 Å². The zero-order valence-electron chi connectivity index (χ0n) is 19.5. The van der Waals surface area contributed by atoms with Gasteiger partial charge < -0.3 is 4.74 Å². The highest BCUT2D eigenvalue weighted by atomic mass is 79.9. The highest BCUT2D eigenvalue weighted by molar-refractivity contribution is 9.10. The fraction of sp³-hybridized carbons (Fsp3) is 0.192. The molecule has 1 saturated heterocycles. The Labute approximate surface area is 214 Å². The van der Waals surface area contributed by atoms with Crippen molar-refractivity contribution in [3.8, 4) is 5.75 Å². The molecule has 0 spiro atoms. The zero-order chi connectivity index (χ0) is 25.9. The van der Waals surface area contributed by atoms with Gasteiger partial charge in [0.25, 0.3) is 23.4 Å². The van der Waals surface area contributed by atoms with Crippen LogP contribution >= 0.6 is 15.9 Å². The van der Waals surface area contributed by atoms with Crippen LogP contribution in [0.25, 0.3) is 0 Å². The van der Waals surface area contributed by atoms with E-state index in [4.69, 9.17) is 4.74 Å². The molecule has 0 aliphatic carbocycles. The third-order valence-corrected chi connectivity index (χ3v) is 7.07. The monoisotopic (exact) mass is 549 g/mol. The molecule has 2 aliphatic heterocycles. The molecule has 0 unspecified atom stereocenters. The Hall–Kier alpha value is -4.05. The van der Waals surface area contributed by atoms with Gasteiger partial charge in [-0.3, -0.25) is 34.3 Å². The Morgan fingerprint density at radius 1 is 0.889 bits per heavy atom. The summed E-state index contributed by atoms with van der Waals surface area (Å²) in [6, 6.07) is 12.6. The number of rotatable bonds is 5. The number of nitrogens with zero attached hydrogens (tertiary/aromatic N) is 3. The van der Waals surface area contributed by atoms with Gasteiger partial charge in [-0.1, -0.05) is 33.6 Å². The fourth-order valence-corrected chi connectivity index (χ4v) is 5.31. The van der Waals surface area contributed by atoms with E-state index in [0.717, 1.165) is 26.6 Å². The number of β-lactam (4-membered cyclic amide) rings is 1. The molecular formula is C26H20BrN3O6. The second-order valence-corrected chi connectivity index (χ2v) is 9.66. The molecule has 2 atom stereocenters. The lowest BCUT2D eigenvalue weighted by Crippen LogP contribution is -2.67. The third-order valence-electron chi connectivity index (χ3n) is 6.58. The lowest BCUT2D eigenvalue weighted by molar-refractivity contribution is -0.384. The molecule has 0 bridgehead atoms. The molecule has 0 saturated carbocycles. The third kappa shape index (κ3) is 3.48. The molecule has 9 nitrogen and oxygen atoms in total. The molecule has 0 aromatic heterocycles. The molecule has 36 heavy (non-hydrogen) atoms. The summed E-state index contributed by atoms with van der Waals surface area (Å²) < 4.78 is 6.30. The standard InChI is InChI=1S/C26H20BrN3O6/c1-13-4-8-20(14(2)10-13)28-22(19-11-15(27)5-9-21(19)36-3)23(26(28)33)29-24(31)17-7-6-16(30(34)35)12-18(17)25(29)32/h4-12,22-23H,1-3H3/t22-,23+/m0/s1. The smallest absolute Gasteiger partial charge is 0.270 e. The average molecular weight is 550 g/mol. The van der Waals surface area contributed by atoms with Crippen LogP contribution in [-0.4, -0.2) is 40.7 Å². The number of nitro benzene ring substituents is 1. The van der Waals surface area contributed by atoms with Gasteiger partial charge in [0, 0.05) is 27.9 Å². The summed E-state index contributed by atoms with van der Waals surface area (Å²) in [5.74, 6) is -1.35. The lowest BCUT2D eigenvalue weighted by Gasteiger charge is -2.50. The van der Waals surface area contributed by atoms with E-state index >= 15 is 0 Å². The maximum atomic E-state index is 13.7. The lowest BCUT2D eigenvalue weighted by atomic mass is 9.85. The number of carbonyl (C=O) groups excluding carboxylic acids is 3. The number of halogens is 1. The van der Waals surface area contributed by atoms with Gasteiger partial charge in [0.1, 0.15) is 11.8 Å². The van der Waals surface area contributed by atoms with Crippen molar-refractivity contribution >= 4 is 45.0 Å². The number of anilines is 1. The predicted octanol–water partition coefficient (Wildman–Crippen LogP) is 4.74. The molecule has 5 rings (SSSR count). The minimum Gasteiger partial charge on any atom is -0.496 e. The SMILES string of the molecule is COc1ccc(Br)cc1[C@H]1[C@@H](N2C(=O)c3ccc([N+](=O)[O-])cc3C2=O)C(=O)N1c1ccc(C)cc1C. The van der Waals surface area contributed by atoms with E-state index in [1.54, 1.807) is 23.1 Å². The van der Waals surface area contributed by atoms with Gasteiger partial charge in [-0.2, -0.15) is 0 Å². The number of aryl methyl sites for hydroxylation is 2. The Morgan fingerprint density at radius 2 is 1.61 bits per heavy atom. The number of benzene rings is 3. The maximum Gasteiger partial charge on any atom is 0.270 e. The van der Waals surface area contributed by atoms with Crippen LogP contribution in [0.2, 0.25) is 0 Å². The van der Waals surface area contributed by atoms with E-state index in [1.807, 2.05) is 32.0 Å². The first-order valence-electron chi connectivity index (χ1n) is 11.0. The van der Waals surface area contributed by atoms with E-state index in [-0.39, 0.29) is 16.8 Å². The molecular weight excluding hydrogens is 530 g/mol. The second-order valence-electron chi connectivity index (χ2n) is 8.74. The number of ether oxygens (including phenoxy) is 1. The van der Waals surface area contributed by atoms with Gasteiger partial charge in [0.2, 0.25) is 0 Å². The second kappa shape index (κ2) is 8.56. The Balaban J connectivity index is 1.64. The van der Waals surface area contributed by atoms with E-state index in [1.165, 1.54) is 19.2 Å². The van der Waals surface area contributed by atoms with Gasteiger partial charge in [0.05, 0.1) is 29.2 Å². The van der Waals surface area contributed by atoms with Crippen molar-refractivity contribution in [1.82, 2.24) is 4.90 Å². The Bertz CT molecular complexity index is 1490. The number of fused-ring (bicyclic) bond motifs is 1. The van der Waals surface area contributed by atoms with Crippen LogP contribution in [0.3, 0.4) is 0 Å². The summed E-state index contributed by atoms with van der Waals surface area (Å²) >= 11 is 3.46. The van der Waals surface area contributed by atoms with E-state index in [2.05, 4.69) is 15.9 Å². The molecule has 0 N–H and O–H groups in total. The zero-order valence-corrected chi connectivity index (χ0v) is 21.1. The predicted molar refractivity (Wildman–Crippen MR) is 134 cm³/mol. The van der Waals surface area contributed by atoms with Crippen LogP contribution in [0.5, 0.6) is 5.75 Å². The summed E-state index contributed by atoms with van der Waals surface area (Å²) in [7, 11) is 1.50. The summed E-state index contributed by atoms with van der Waals surface area (Å²) in [6.07, 6.45) is 0. The van der Waals surface area contributed by atoms with E-state index in [9.17, 15) is 24.5 Å². The summed E-state index contributed by atoms with van der Waals surface area (Å²) in [5, 5.41) is 11.2. The largest absolute Gasteiger partial charge is 0.496 e. The summed E-state index contributed by atoms with van der Waals surface area (Å²) in [5.41, 5.74) is 2.78. The molecule has 3 amide bonds. The van der Waals surface area contributed by atoms with Crippen LogP contribution in [-0.2, 0) is 4.79 Å². The summed E-state index contributed by atoms with van der Waals surface area (Å²) in [6.45, 7) is 3.84. The number of methoxy groups -OCH3 is 1. The number of hydrogen-bond acceptors (Lipinski definition) is 6. The van der Waals surface area contributed by atoms with Crippen LogP contribution in [0.15, 0.2) is 59.1 Å². The van der Waals surface area contributed by atoms with Crippen LogP contribution in [0.1, 0.15) is 43.4 Å². The van der Waals surface area contributed by atoms with Gasteiger partial charge >= 0.3 is 0 Å². The minimum atomic E-state index is -1.15. The Morgan fingerprint density at radius 3 is 2.28 bits per heavy atom. The Kier molecular flexibility index (Phi) is 5.63. The normalized spacial score (nSPS) is 18.8. The minimum absolute atomic E-state index is 0.0309. The molecule has 3 aromatic rings. The van der Waals surface area contributed by atoms with Crippen molar-refractivity contribution in [3.63, 3.8) is 0 Å². The van der Waals surface area contributed by atoms with E-state index in [0.29, 0.717) is 17.0 Å². The first-order valence-corrected chi connectivity index (χ1v) is 11.8. The number of imide groups is 1. The molecule has 0 radical (unpaired) electrons. The van der Waals surface area contributed by atoms with Crippen molar-refractivity contribution in [2.24, 2.45) is 0 Å². The highest BCUT2D eigenvalue weighted by Gasteiger charge is 2.58. The van der Waals surface area contributed by atoms with Crippen molar-refractivity contribution in [1.29, 1.82) is 0 Å². The van der Waals surface area contributed by atoms with Crippen LogP contribution in [0, 0.1) is 24.0 Å². The number of non-ortho nitro benzene ring substituents is 1. The molecule has 3 aromatic carbocycles. The molecule has 2 heterocycles. The van der Waals surface area contributed by atoms with Gasteiger partial charge in [-0.05, 0) is 49.7 Å². The van der Waals surface area contributed by atoms with E-state index < -0.39 is 34.7 Å². The number of hydrogen-bond donors (Lipinski definition) is 0. The van der Waals surface area contributed by atoms with Crippen LogP contribution in [0.4, 0.5) is 11.4 Å². The average Bonchev–Trinajstić information content (AvgIpc) is 3.08. The molecule has 182 valence electrons. The topological polar surface area (TPSA) is 110 Å². The molecule has 2 aliphatic rings.